The largest absolute Gasteiger partial charge is 0.371 e. The Kier molecular flexibility index (Phi) is 4.50. The lowest BCUT2D eigenvalue weighted by Gasteiger charge is -2.51. The molecule has 4 rings (SSSR count). The van der Waals surface area contributed by atoms with Gasteiger partial charge in [0.1, 0.15) is 5.60 Å². The van der Waals surface area contributed by atoms with Crippen molar-refractivity contribution in [2.45, 2.75) is 38.2 Å². The molecule has 7 heteroatoms. The fourth-order valence-corrected chi connectivity index (χ4v) is 4.23. The SMILES string of the molecule is Cc1cnc(NCC[C@H]2CCOC23CN(C(=O)N2CCCC2)C3)nc1. The Labute approximate surface area is 148 Å². The minimum atomic E-state index is -0.120. The quantitative estimate of drug-likeness (QED) is 0.902. The fourth-order valence-electron chi connectivity index (χ4n) is 4.23. The highest BCUT2D eigenvalue weighted by atomic mass is 16.5. The van der Waals surface area contributed by atoms with E-state index in [1.54, 1.807) is 0 Å². The molecule has 1 aromatic heterocycles. The van der Waals surface area contributed by atoms with Crippen LogP contribution in [0, 0.1) is 12.8 Å². The molecule has 3 fully saturated rings. The van der Waals surface area contributed by atoms with Gasteiger partial charge in [0.2, 0.25) is 5.95 Å². The lowest BCUT2D eigenvalue weighted by atomic mass is 9.79. The van der Waals surface area contributed by atoms with Crippen molar-refractivity contribution in [3.63, 3.8) is 0 Å². The molecule has 3 aliphatic rings. The minimum absolute atomic E-state index is 0.120. The predicted molar refractivity (Wildman–Crippen MR) is 94.4 cm³/mol. The molecular formula is C18H27N5O2. The van der Waals surface area contributed by atoms with Crippen LogP contribution >= 0.6 is 0 Å². The van der Waals surface area contributed by atoms with Crippen molar-refractivity contribution < 1.29 is 9.53 Å². The minimum Gasteiger partial charge on any atom is -0.371 e. The smallest absolute Gasteiger partial charge is 0.320 e. The van der Waals surface area contributed by atoms with Gasteiger partial charge in [0.15, 0.2) is 0 Å². The molecule has 1 atom stereocenters. The molecule has 25 heavy (non-hydrogen) atoms. The van der Waals surface area contributed by atoms with Crippen LogP contribution in [0.25, 0.3) is 0 Å². The number of carbonyl (C=O) groups is 1. The summed E-state index contributed by atoms with van der Waals surface area (Å²) in [5.41, 5.74) is 0.941. The van der Waals surface area contributed by atoms with Crippen molar-refractivity contribution >= 4 is 12.0 Å². The first-order valence-corrected chi connectivity index (χ1v) is 9.37. The molecule has 7 nitrogen and oxygen atoms in total. The Bertz CT molecular complexity index is 608. The Morgan fingerprint density at radius 2 is 2.00 bits per heavy atom. The number of nitrogens with one attached hydrogen (secondary N) is 1. The molecule has 1 N–H and O–H groups in total. The molecule has 3 saturated heterocycles. The van der Waals surface area contributed by atoms with Crippen LogP contribution in [0.3, 0.4) is 0 Å². The molecule has 0 saturated carbocycles. The number of nitrogens with zero attached hydrogens (tertiary/aromatic N) is 4. The summed E-state index contributed by atoms with van der Waals surface area (Å²) in [7, 11) is 0. The second-order valence-corrected chi connectivity index (χ2v) is 7.53. The molecule has 136 valence electrons. The number of likely N-dealkylation sites (tertiary alicyclic amines) is 2. The van der Waals surface area contributed by atoms with Gasteiger partial charge in [0, 0.05) is 38.6 Å². The molecule has 0 bridgehead atoms. The Morgan fingerprint density at radius 1 is 1.28 bits per heavy atom. The number of rotatable bonds is 4. The third kappa shape index (κ3) is 3.29. The van der Waals surface area contributed by atoms with Gasteiger partial charge in [0.25, 0.3) is 0 Å². The molecule has 1 aromatic rings. The summed E-state index contributed by atoms with van der Waals surface area (Å²) in [6, 6.07) is 0.198. The monoisotopic (exact) mass is 345 g/mol. The fraction of sp³-hybridized carbons (Fsp3) is 0.722. The summed E-state index contributed by atoms with van der Waals surface area (Å²) in [6.45, 7) is 6.92. The van der Waals surface area contributed by atoms with Gasteiger partial charge >= 0.3 is 6.03 Å². The summed E-state index contributed by atoms with van der Waals surface area (Å²) < 4.78 is 6.08. The zero-order chi connectivity index (χ0) is 17.3. The third-order valence-electron chi connectivity index (χ3n) is 5.72. The van der Waals surface area contributed by atoms with Crippen LogP contribution in [0.2, 0.25) is 0 Å². The summed E-state index contributed by atoms with van der Waals surface area (Å²) in [6.07, 6.45) is 8.00. The number of aromatic nitrogens is 2. The van der Waals surface area contributed by atoms with E-state index in [0.29, 0.717) is 11.9 Å². The Hall–Kier alpha value is -1.89. The molecule has 2 amide bonds. The number of anilines is 1. The van der Waals surface area contributed by atoms with Crippen molar-refractivity contribution in [3.05, 3.63) is 18.0 Å². The van der Waals surface area contributed by atoms with Crippen molar-refractivity contribution in [2.75, 3.05) is 44.6 Å². The van der Waals surface area contributed by atoms with Crippen LogP contribution in [0.15, 0.2) is 12.4 Å². The average molecular weight is 345 g/mol. The standard InChI is InChI=1S/C18H27N5O2/c1-14-10-20-16(21-11-14)19-6-4-15-5-9-25-18(15)12-23(13-18)17(24)22-7-2-3-8-22/h10-11,15H,2-9,12-13H2,1H3,(H,19,20,21)/t15-/m0/s1. The lowest BCUT2D eigenvalue weighted by Crippen LogP contribution is -2.67. The van der Waals surface area contributed by atoms with Gasteiger partial charge in [0.05, 0.1) is 13.1 Å². The first-order valence-electron chi connectivity index (χ1n) is 9.37. The number of hydrogen-bond acceptors (Lipinski definition) is 5. The van der Waals surface area contributed by atoms with E-state index >= 15 is 0 Å². The van der Waals surface area contributed by atoms with Crippen LogP contribution in [0.4, 0.5) is 10.7 Å². The van der Waals surface area contributed by atoms with E-state index in [0.717, 1.165) is 70.6 Å². The van der Waals surface area contributed by atoms with Crippen molar-refractivity contribution in [2.24, 2.45) is 5.92 Å². The summed E-state index contributed by atoms with van der Waals surface area (Å²) in [5, 5.41) is 3.30. The van der Waals surface area contributed by atoms with Crippen molar-refractivity contribution in [1.82, 2.24) is 19.8 Å². The zero-order valence-corrected chi connectivity index (χ0v) is 14.9. The number of hydrogen-bond donors (Lipinski definition) is 1. The first kappa shape index (κ1) is 16.6. The van der Waals surface area contributed by atoms with E-state index in [4.69, 9.17) is 4.74 Å². The van der Waals surface area contributed by atoms with Gasteiger partial charge in [-0.2, -0.15) is 0 Å². The second kappa shape index (κ2) is 6.78. The van der Waals surface area contributed by atoms with Crippen molar-refractivity contribution in [3.8, 4) is 0 Å². The summed E-state index contributed by atoms with van der Waals surface area (Å²) in [5.74, 6) is 1.17. The Morgan fingerprint density at radius 3 is 2.72 bits per heavy atom. The maximum atomic E-state index is 12.5. The molecule has 0 radical (unpaired) electrons. The van der Waals surface area contributed by atoms with Gasteiger partial charge in [-0.1, -0.05) is 0 Å². The van der Waals surface area contributed by atoms with E-state index in [9.17, 15) is 4.79 Å². The van der Waals surface area contributed by atoms with E-state index in [-0.39, 0.29) is 11.6 Å². The maximum Gasteiger partial charge on any atom is 0.320 e. The second-order valence-electron chi connectivity index (χ2n) is 7.53. The highest BCUT2D eigenvalue weighted by Gasteiger charge is 2.54. The third-order valence-corrected chi connectivity index (χ3v) is 5.72. The maximum absolute atomic E-state index is 12.5. The highest BCUT2D eigenvalue weighted by molar-refractivity contribution is 5.76. The molecular weight excluding hydrogens is 318 g/mol. The number of ether oxygens (including phenoxy) is 1. The van der Waals surface area contributed by atoms with Gasteiger partial charge < -0.3 is 19.9 Å². The van der Waals surface area contributed by atoms with Crippen LogP contribution in [0.5, 0.6) is 0 Å². The summed E-state index contributed by atoms with van der Waals surface area (Å²) >= 11 is 0. The topological polar surface area (TPSA) is 70.6 Å². The predicted octanol–water partition coefficient (Wildman–Crippen LogP) is 1.89. The molecule has 4 heterocycles. The molecule has 3 aliphatic heterocycles. The van der Waals surface area contributed by atoms with Crippen LogP contribution < -0.4 is 5.32 Å². The molecule has 0 aromatic carbocycles. The van der Waals surface area contributed by atoms with Crippen LogP contribution in [0.1, 0.15) is 31.2 Å². The lowest BCUT2D eigenvalue weighted by molar-refractivity contribution is -0.118. The molecule has 1 spiro atoms. The van der Waals surface area contributed by atoms with Crippen molar-refractivity contribution in [1.29, 1.82) is 0 Å². The average Bonchev–Trinajstić information content (AvgIpc) is 3.24. The van der Waals surface area contributed by atoms with Gasteiger partial charge in [-0.15, -0.1) is 0 Å². The van der Waals surface area contributed by atoms with E-state index < -0.39 is 0 Å². The zero-order valence-electron chi connectivity index (χ0n) is 14.9. The highest BCUT2D eigenvalue weighted by Crippen LogP contribution is 2.42. The normalized spacial score (nSPS) is 24.6. The number of amides is 2. The molecule has 0 unspecified atom stereocenters. The number of aryl methyl sites for hydroxylation is 1. The van der Waals surface area contributed by atoms with Crippen LogP contribution in [-0.4, -0.2) is 70.7 Å². The van der Waals surface area contributed by atoms with E-state index in [1.807, 2.05) is 29.1 Å². The Balaban J connectivity index is 1.26. The molecule has 0 aliphatic carbocycles. The van der Waals surface area contributed by atoms with Crippen LogP contribution in [-0.2, 0) is 4.74 Å². The first-order chi connectivity index (χ1) is 12.2. The van der Waals surface area contributed by atoms with E-state index in [1.165, 1.54) is 0 Å². The van der Waals surface area contributed by atoms with E-state index in [2.05, 4.69) is 15.3 Å². The number of urea groups is 1. The number of carbonyl (C=O) groups excluding carboxylic acids is 1. The van der Waals surface area contributed by atoms with Gasteiger partial charge in [-0.3, -0.25) is 0 Å². The van der Waals surface area contributed by atoms with Gasteiger partial charge in [-0.25, -0.2) is 14.8 Å². The van der Waals surface area contributed by atoms with Gasteiger partial charge in [-0.05, 0) is 44.1 Å². The summed E-state index contributed by atoms with van der Waals surface area (Å²) in [4.78, 5) is 25.0.